The molecule has 2 rings (SSSR count). The van der Waals surface area contributed by atoms with E-state index in [1.54, 1.807) is 6.20 Å². The van der Waals surface area contributed by atoms with Gasteiger partial charge in [-0.1, -0.05) is 11.6 Å². The number of hydrogen-bond acceptors (Lipinski definition) is 4. The second-order valence-corrected chi connectivity index (χ2v) is 5.12. The maximum Gasteiger partial charge on any atom is 0.136 e. The van der Waals surface area contributed by atoms with Crippen molar-refractivity contribution < 1.29 is 9.47 Å². The first-order valence-electron chi connectivity index (χ1n) is 6.81. The molecular weight excluding hydrogens is 278 g/mol. The van der Waals surface area contributed by atoms with E-state index in [2.05, 4.69) is 28.4 Å². The number of aromatic nitrogens is 3. The predicted molar refractivity (Wildman–Crippen MR) is 79.1 cm³/mol. The summed E-state index contributed by atoms with van der Waals surface area (Å²) in [4.78, 5) is 8.64. The minimum absolute atomic E-state index is 0.281. The lowest BCUT2D eigenvalue weighted by Crippen LogP contribution is -2.10. The Morgan fingerprint density at radius 2 is 2.05 bits per heavy atom. The van der Waals surface area contributed by atoms with Crippen molar-refractivity contribution >= 4 is 22.6 Å². The summed E-state index contributed by atoms with van der Waals surface area (Å²) in [7, 11) is 0. The van der Waals surface area contributed by atoms with Crippen LogP contribution >= 0.6 is 11.6 Å². The molecule has 0 saturated heterocycles. The van der Waals surface area contributed by atoms with Crippen molar-refractivity contribution in [2.45, 2.75) is 33.4 Å². The van der Waals surface area contributed by atoms with Crippen LogP contribution in [0.2, 0.25) is 5.15 Å². The highest BCUT2D eigenvalue weighted by Gasteiger charge is 2.14. The first-order valence-corrected chi connectivity index (χ1v) is 7.19. The summed E-state index contributed by atoms with van der Waals surface area (Å²) in [6.45, 7) is 8.52. The molecule has 2 aromatic heterocycles. The summed E-state index contributed by atoms with van der Waals surface area (Å²) in [5, 5.41) is 0.475. The van der Waals surface area contributed by atoms with Crippen LogP contribution < -0.4 is 0 Å². The molecule has 0 aliphatic rings. The van der Waals surface area contributed by atoms with E-state index in [-0.39, 0.29) is 6.04 Å². The smallest absolute Gasteiger partial charge is 0.136 e. The molecule has 0 aromatic carbocycles. The predicted octanol–water partition coefficient (Wildman–Crippen LogP) is 3.22. The average Bonchev–Trinajstić information content (AvgIpc) is 2.76. The lowest BCUT2D eigenvalue weighted by Gasteiger charge is -2.13. The van der Waals surface area contributed by atoms with Gasteiger partial charge in [0.1, 0.15) is 23.1 Å². The van der Waals surface area contributed by atoms with E-state index >= 15 is 0 Å². The van der Waals surface area contributed by atoms with Crippen molar-refractivity contribution in [3.05, 3.63) is 23.2 Å². The normalized spacial score (nSPS) is 11.7. The highest BCUT2D eigenvalue weighted by molar-refractivity contribution is 6.29. The highest BCUT2D eigenvalue weighted by atomic mass is 35.5. The van der Waals surface area contributed by atoms with Crippen LogP contribution in [0.3, 0.4) is 0 Å². The van der Waals surface area contributed by atoms with E-state index in [1.807, 2.05) is 13.0 Å². The van der Waals surface area contributed by atoms with E-state index < -0.39 is 0 Å². The number of hydrogen-bond donors (Lipinski definition) is 0. The van der Waals surface area contributed by atoms with E-state index in [4.69, 9.17) is 21.1 Å². The topological polar surface area (TPSA) is 49.2 Å². The van der Waals surface area contributed by atoms with Gasteiger partial charge in [0.05, 0.1) is 24.9 Å². The van der Waals surface area contributed by atoms with Crippen molar-refractivity contribution in [1.82, 2.24) is 14.5 Å². The summed E-state index contributed by atoms with van der Waals surface area (Å²) in [6, 6.07) is 2.12. The van der Waals surface area contributed by atoms with Gasteiger partial charge in [0.15, 0.2) is 0 Å². The molecule has 0 atom stereocenters. The maximum absolute atomic E-state index is 5.97. The van der Waals surface area contributed by atoms with Gasteiger partial charge < -0.3 is 14.0 Å². The summed E-state index contributed by atoms with van der Waals surface area (Å²) in [5.41, 5.74) is 1.83. The standard InChI is InChI=1S/C14H20ClN3O2/c1-4-19-5-6-20-9-14-17-11-8-16-13(15)7-12(11)18(14)10(2)3/h7-8,10H,4-6,9H2,1-3H3. The number of ether oxygens (including phenoxy) is 2. The van der Waals surface area contributed by atoms with Crippen LogP contribution in [0.15, 0.2) is 12.3 Å². The Balaban J connectivity index is 2.17. The van der Waals surface area contributed by atoms with Gasteiger partial charge >= 0.3 is 0 Å². The van der Waals surface area contributed by atoms with Crippen molar-refractivity contribution in [2.75, 3.05) is 19.8 Å². The quantitative estimate of drug-likeness (QED) is 0.581. The molecule has 0 radical (unpaired) electrons. The molecule has 5 nitrogen and oxygen atoms in total. The Hall–Kier alpha value is -1.17. The average molecular weight is 298 g/mol. The molecule has 0 bridgehead atoms. The number of imidazole rings is 1. The number of pyridine rings is 1. The van der Waals surface area contributed by atoms with Crippen molar-refractivity contribution in [3.63, 3.8) is 0 Å². The van der Waals surface area contributed by atoms with E-state index in [0.29, 0.717) is 31.6 Å². The monoisotopic (exact) mass is 297 g/mol. The Kier molecular flexibility index (Phi) is 5.34. The Labute approximate surface area is 123 Å². The fourth-order valence-corrected chi connectivity index (χ4v) is 2.28. The first-order chi connectivity index (χ1) is 9.63. The maximum atomic E-state index is 5.97. The van der Waals surface area contributed by atoms with Gasteiger partial charge in [-0.25, -0.2) is 9.97 Å². The van der Waals surface area contributed by atoms with E-state index in [0.717, 1.165) is 16.9 Å². The van der Waals surface area contributed by atoms with Crippen molar-refractivity contribution in [2.24, 2.45) is 0 Å². The zero-order chi connectivity index (χ0) is 14.5. The van der Waals surface area contributed by atoms with Gasteiger partial charge in [-0.3, -0.25) is 0 Å². The summed E-state index contributed by atoms with van der Waals surface area (Å²) < 4.78 is 13.0. The minimum Gasteiger partial charge on any atom is -0.379 e. The van der Waals surface area contributed by atoms with Gasteiger partial charge in [0, 0.05) is 18.7 Å². The molecule has 0 aliphatic carbocycles. The molecule has 0 saturated carbocycles. The molecule has 2 heterocycles. The van der Waals surface area contributed by atoms with E-state index in [9.17, 15) is 0 Å². The minimum atomic E-state index is 0.281. The van der Waals surface area contributed by atoms with Crippen LogP contribution in [0.4, 0.5) is 0 Å². The fraction of sp³-hybridized carbons (Fsp3) is 0.571. The molecule has 2 aromatic rings. The van der Waals surface area contributed by atoms with Crippen molar-refractivity contribution in [1.29, 1.82) is 0 Å². The van der Waals surface area contributed by atoms with Crippen molar-refractivity contribution in [3.8, 4) is 0 Å². The Morgan fingerprint density at radius 3 is 2.75 bits per heavy atom. The van der Waals surface area contributed by atoms with Crippen LogP contribution in [-0.4, -0.2) is 34.4 Å². The van der Waals surface area contributed by atoms with Gasteiger partial charge in [-0.15, -0.1) is 0 Å². The molecule has 0 fully saturated rings. The third-order valence-electron chi connectivity index (χ3n) is 2.94. The second kappa shape index (κ2) is 7.02. The lowest BCUT2D eigenvalue weighted by molar-refractivity contribution is 0.0417. The second-order valence-electron chi connectivity index (χ2n) is 4.74. The SMILES string of the molecule is CCOCCOCc1nc2cnc(Cl)cc2n1C(C)C. The number of fused-ring (bicyclic) bond motifs is 1. The largest absolute Gasteiger partial charge is 0.379 e. The van der Waals surface area contributed by atoms with Crippen LogP contribution in [0, 0.1) is 0 Å². The molecule has 110 valence electrons. The molecular formula is C14H20ClN3O2. The van der Waals surface area contributed by atoms with Gasteiger partial charge in [-0.05, 0) is 20.8 Å². The molecule has 0 unspecified atom stereocenters. The third kappa shape index (κ3) is 3.48. The Bertz CT molecular complexity index is 569. The van der Waals surface area contributed by atoms with Crippen LogP contribution in [0.5, 0.6) is 0 Å². The lowest BCUT2D eigenvalue weighted by atomic mass is 10.3. The molecule has 0 N–H and O–H groups in total. The Morgan fingerprint density at radius 1 is 1.30 bits per heavy atom. The van der Waals surface area contributed by atoms with Crippen LogP contribution in [0.1, 0.15) is 32.6 Å². The molecule has 0 amide bonds. The molecule has 0 aliphatic heterocycles. The van der Waals surface area contributed by atoms with Gasteiger partial charge in [0.25, 0.3) is 0 Å². The van der Waals surface area contributed by atoms with E-state index in [1.165, 1.54) is 0 Å². The third-order valence-corrected chi connectivity index (χ3v) is 3.15. The molecule has 6 heteroatoms. The number of rotatable bonds is 7. The summed E-state index contributed by atoms with van der Waals surface area (Å²) >= 11 is 5.97. The summed E-state index contributed by atoms with van der Waals surface area (Å²) in [6.07, 6.45) is 1.69. The van der Waals surface area contributed by atoms with Crippen LogP contribution in [-0.2, 0) is 16.1 Å². The van der Waals surface area contributed by atoms with Gasteiger partial charge in [-0.2, -0.15) is 0 Å². The molecule has 0 spiro atoms. The van der Waals surface area contributed by atoms with Gasteiger partial charge in [0.2, 0.25) is 0 Å². The number of nitrogens with zero attached hydrogens (tertiary/aromatic N) is 3. The zero-order valence-corrected chi connectivity index (χ0v) is 12.9. The van der Waals surface area contributed by atoms with Crippen LogP contribution in [0.25, 0.3) is 11.0 Å². The molecule has 20 heavy (non-hydrogen) atoms. The zero-order valence-electron chi connectivity index (χ0n) is 12.1. The fourth-order valence-electron chi connectivity index (χ4n) is 2.13. The number of halogens is 1. The first kappa shape index (κ1) is 15.2. The highest BCUT2D eigenvalue weighted by Crippen LogP contribution is 2.23. The summed E-state index contributed by atoms with van der Waals surface area (Å²) in [5.74, 6) is 0.885.